The van der Waals surface area contributed by atoms with Crippen LogP contribution < -0.4 is 5.32 Å². The van der Waals surface area contributed by atoms with Crippen molar-refractivity contribution in [3.8, 4) is 0 Å². The van der Waals surface area contributed by atoms with Crippen molar-refractivity contribution >= 4 is 47.0 Å². The number of anilines is 1. The monoisotopic (exact) mass is 423 g/mol. The van der Waals surface area contributed by atoms with E-state index in [-0.39, 0.29) is 6.61 Å². The first kappa shape index (κ1) is 20.7. The summed E-state index contributed by atoms with van der Waals surface area (Å²) in [7, 11) is 0. The van der Waals surface area contributed by atoms with E-state index in [1.54, 1.807) is 36.0 Å². The minimum Gasteiger partial charge on any atom is -0.452 e. The summed E-state index contributed by atoms with van der Waals surface area (Å²) < 4.78 is 5.01. The van der Waals surface area contributed by atoms with Crippen LogP contribution in [-0.4, -0.2) is 18.5 Å². The van der Waals surface area contributed by atoms with Crippen LogP contribution in [0.25, 0.3) is 6.08 Å². The highest BCUT2D eigenvalue weighted by Crippen LogP contribution is 2.33. The molecule has 0 atom stereocenters. The zero-order valence-corrected chi connectivity index (χ0v) is 17.0. The molecule has 3 aromatic rings. The Bertz CT molecular complexity index is 1020. The standard InChI is InChI=1S/C23H18ClNO3S/c24-18-8-6-7-17(15-18)13-14-23(27)28-16-22(26)25-20-11-4-5-12-21(20)29-19-9-2-1-3-10-19/h1-15H,16H2,(H,25,26)/b14-13+. The van der Waals surface area contributed by atoms with Crippen LogP contribution in [0, 0.1) is 0 Å². The fourth-order valence-electron chi connectivity index (χ4n) is 2.42. The van der Waals surface area contributed by atoms with Gasteiger partial charge in [-0.05, 0) is 48.0 Å². The molecule has 0 aliphatic heterocycles. The second-order valence-corrected chi connectivity index (χ2v) is 7.51. The number of halogens is 1. The Morgan fingerprint density at radius 2 is 1.72 bits per heavy atom. The van der Waals surface area contributed by atoms with Crippen LogP contribution in [0.2, 0.25) is 5.02 Å². The Morgan fingerprint density at radius 3 is 2.52 bits per heavy atom. The molecule has 6 heteroatoms. The third kappa shape index (κ3) is 6.82. The number of carbonyl (C=O) groups excluding carboxylic acids is 2. The minimum atomic E-state index is -0.605. The summed E-state index contributed by atoms with van der Waals surface area (Å²) in [5.41, 5.74) is 1.43. The van der Waals surface area contributed by atoms with Crippen molar-refractivity contribution in [3.05, 3.63) is 95.5 Å². The van der Waals surface area contributed by atoms with Crippen LogP contribution in [0.1, 0.15) is 5.56 Å². The van der Waals surface area contributed by atoms with E-state index in [0.717, 1.165) is 15.4 Å². The first-order valence-corrected chi connectivity index (χ1v) is 10.0. The highest BCUT2D eigenvalue weighted by molar-refractivity contribution is 7.99. The zero-order valence-electron chi connectivity index (χ0n) is 15.4. The summed E-state index contributed by atoms with van der Waals surface area (Å²) in [5.74, 6) is -1.01. The Balaban J connectivity index is 1.54. The number of hydrogen-bond donors (Lipinski definition) is 1. The van der Waals surface area contributed by atoms with Gasteiger partial charge in [-0.15, -0.1) is 0 Å². The van der Waals surface area contributed by atoms with Crippen LogP contribution in [-0.2, 0) is 14.3 Å². The van der Waals surface area contributed by atoms with Gasteiger partial charge in [-0.3, -0.25) is 4.79 Å². The minimum absolute atomic E-state index is 0.372. The number of nitrogens with one attached hydrogen (secondary N) is 1. The number of ether oxygens (including phenoxy) is 1. The molecule has 0 heterocycles. The van der Waals surface area contributed by atoms with E-state index in [0.29, 0.717) is 10.7 Å². The van der Waals surface area contributed by atoms with Gasteiger partial charge in [0.1, 0.15) is 0 Å². The lowest BCUT2D eigenvalue weighted by molar-refractivity contribution is -0.142. The zero-order chi connectivity index (χ0) is 20.5. The van der Waals surface area contributed by atoms with Crippen molar-refractivity contribution in [2.24, 2.45) is 0 Å². The van der Waals surface area contributed by atoms with Gasteiger partial charge >= 0.3 is 5.97 Å². The molecule has 4 nitrogen and oxygen atoms in total. The van der Waals surface area contributed by atoms with E-state index in [1.807, 2.05) is 60.7 Å². The molecule has 0 aliphatic rings. The molecule has 3 rings (SSSR count). The third-order valence-corrected chi connectivity index (χ3v) is 5.06. The van der Waals surface area contributed by atoms with E-state index >= 15 is 0 Å². The molecule has 0 fully saturated rings. The van der Waals surface area contributed by atoms with Gasteiger partial charge in [-0.25, -0.2) is 4.79 Å². The molecular weight excluding hydrogens is 406 g/mol. The first-order valence-electron chi connectivity index (χ1n) is 8.82. The summed E-state index contributed by atoms with van der Waals surface area (Å²) in [6, 6.07) is 24.4. The smallest absolute Gasteiger partial charge is 0.331 e. The lowest BCUT2D eigenvalue weighted by Crippen LogP contribution is -2.20. The van der Waals surface area contributed by atoms with Crippen LogP contribution in [0.5, 0.6) is 0 Å². The molecule has 1 amide bonds. The number of rotatable bonds is 7. The van der Waals surface area contributed by atoms with Gasteiger partial charge in [-0.1, -0.05) is 65.8 Å². The van der Waals surface area contributed by atoms with Gasteiger partial charge in [0, 0.05) is 20.9 Å². The van der Waals surface area contributed by atoms with E-state index in [2.05, 4.69) is 5.32 Å². The maximum Gasteiger partial charge on any atom is 0.331 e. The first-order chi connectivity index (χ1) is 14.1. The summed E-state index contributed by atoms with van der Waals surface area (Å²) in [6.07, 6.45) is 2.84. The van der Waals surface area contributed by atoms with Crippen LogP contribution in [0.3, 0.4) is 0 Å². The summed E-state index contributed by atoms with van der Waals surface area (Å²) >= 11 is 7.44. The molecule has 146 valence electrons. The molecule has 0 radical (unpaired) electrons. The molecule has 29 heavy (non-hydrogen) atoms. The second-order valence-electron chi connectivity index (χ2n) is 5.96. The van der Waals surface area contributed by atoms with Crippen molar-refractivity contribution in [2.45, 2.75) is 9.79 Å². The average Bonchev–Trinajstić information content (AvgIpc) is 2.73. The van der Waals surface area contributed by atoms with Gasteiger partial charge in [0.15, 0.2) is 6.61 Å². The Labute approximate surface area is 178 Å². The number of benzene rings is 3. The Kier molecular flexibility index (Phi) is 7.50. The molecule has 1 N–H and O–H groups in total. The second kappa shape index (κ2) is 10.5. The van der Waals surface area contributed by atoms with Gasteiger partial charge in [0.2, 0.25) is 0 Å². The Morgan fingerprint density at radius 1 is 0.966 bits per heavy atom. The number of carbonyl (C=O) groups is 2. The third-order valence-electron chi connectivity index (χ3n) is 3.74. The SMILES string of the molecule is O=C(COC(=O)/C=C/c1cccc(Cl)c1)Nc1ccccc1Sc1ccccc1. The summed E-state index contributed by atoms with van der Waals surface area (Å²) in [6.45, 7) is -0.372. The fraction of sp³-hybridized carbons (Fsp3) is 0.0435. The molecule has 0 saturated heterocycles. The van der Waals surface area contributed by atoms with Crippen LogP contribution in [0.15, 0.2) is 94.7 Å². The largest absolute Gasteiger partial charge is 0.452 e. The highest BCUT2D eigenvalue weighted by Gasteiger charge is 2.09. The molecule has 0 spiro atoms. The van der Waals surface area contributed by atoms with Crippen LogP contribution >= 0.6 is 23.4 Å². The molecule has 3 aromatic carbocycles. The van der Waals surface area contributed by atoms with Crippen molar-refractivity contribution in [2.75, 3.05) is 11.9 Å². The van der Waals surface area contributed by atoms with Gasteiger partial charge < -0.3 is 10.1 Å². The molecule has 0 saturated carbocycles. The van der Waals surface area contributed by atoms with Gasteiger partial charge in [0.25, 0.3) is 5.91 Å². The van der Waals surface area contributed by atoms with E-state index < -0.39 is 11.9 Å². The maximum absolute atomic E-state index is 12.2. The number of para-hydroxylation sites is 1. The molecule has 0 aromatic heterocycles. The van der Waals surface area contributed by atoms with Gasteiger partial charge in [-0.2, -0.15) is 0 Å². The van der Waals surface area contributed by atoms with Crippen LogP contribution in [0.4, 0.5) is 5.69 Å². The number of amides is 1. The molecule has 0 unspecified atom stereocenters. The predicted molar refractivity (Wildman–Crippen MR) is 117 cm³/mol. The molecule has 0 bridgehead atoms. The summed E-state index contributed by atoms with van der Waals surface area (Å²) in [5, 5.41) is 3.36. The highest BCUT2D eigenvalue weighted by atomic mass is 35.5. The summed E-state index contributed by atoms with van der Waals surface area (Å²) in [4.78, 5) is 26.0. The van der Waals surface area contributed by atoms with E-state index in [1.165, 1.54) is 6.08 Å². The maximum atomic E-state index is 12.2. The normalized spacial score (nSPS) is 10.7. The van der Waals surface area contributed by atoms with E-state index in [9.17, 15) is 9.59 Å². The number of esters is 1. The van der Waals surface area contributed by atoms with Crippen molar-refractivity contribution in [1.82, 2.24) is 0 Å². The number of hydrogen-bond acceptors (Lipinski definition) is 4. The van der Waals surface area contributed by atoms with Crippen molar-refractivity contribution in [1.29, 1.82) is 0 Å². The Hall–Kier alpha value is -3.02. The quantitative estimate of drug-likeness (QED) is 0.392. The fourth-order valence-corrected chi connectivity index (χ4v) is 3.54. The lowest BCUT2D eigenvalue weighted by atomic mass is 10.2. The van der Waals surface area contributed by atoms with Crippen molar-refractivity contribution in [3.63, 3.8) is 0 Å². The molecule has 0 aliphatic carbocycles. The van der Waals surface area contributed by atoms with Crippen molar-refractivity contribution < 1.29 is 14.3 Å². The van der Waals surface area contributed by atoms with Gasteiger partial charge in [0.05, 0.1) is 5.69 Å². The lowest BCUT2D eigenvalue weighted by Gasteiger charge is -2.10. The molecular formula is C23H18ClNO3S. The topological polar surface area (TPSA) is 55.4 Å². The van der Waals surface area contributed by atoms with E-state index in [4.69, 9.17) is 16.3 Å². The predicted octanol–water partition coefficient (Wildman–Crippen LogP) is 5.69. The average molecular weight is 424 g/mol.